The molecule has 0 aliphatic rings. The van der Waals surface area contributed by atoms with Crippen molar-refractivity contribution >= 4 is 12.0 Å². The lowest BCUT2D eigenvalue weighted by Gasteiger charge is -2.20. The number of carbonyl (C=O) groups is 1. The van der Waals surface area contributed by atoms with Crippen molar-refractivity contribution in [3.8, 4) is 0 Å². The minimum absolute atomic E-state index is 0.0476. The van der Waals surface area contributed by atoms with Crippen LogP contribution in [-0.4, -0.2) is 5.91 Å². The highest BCUT2D eigenvalue weighted by Gasteiger charge is 2.14. The van der Waals surface area contributed by atoms with E-state index in [4.69, 9.17) is 0 Å². The number of rotatable bonds is 6. The Balaban J connectivity index is 2.04. The molecule has 1 atom stereocenters. The van der Waals surface area contributed by atoms with Gasteiger partial charge >= 0.3 is 0 Å². The summed E-state index contributed by atoms with van der Waals surface area (Å²) >= 11 is 0. The Morgan fingerprint density at radius 2 is 1.70 bits per heavy atom. The van der Waals surface area contributed by atoms with Crippen LogP contribution in [-0.2, 0) is 4.79 Å². The molecule has 1 amide bonds. The molecule has 0 saturated heterocycles. The first kappa shape index (κ1) is 17.0. The summed E-state index contributed by atoms with van der Waals surface area (Å²) in [5.41, 5.74) is 3.40. The van der Waals surface area contributed by atoms with Gasteiger partial charge in [-0.25, -0.2) is 0 Å². The van der Waals surface area contributed by atoms with Crippen LogP contribution in [0.4, 0.5) is 0 Å². The minimum Gasteiger partial charge on any atom is -0.346 e. The molecular weight excluding hydrogens is 282 g/mol. The summed E-state index contributed by atoms with van der Waals surface area (Å²) in [5.74, 6) is 0.460. The molecule has 2 aromatic carbocycles. The van der Waals surface area contributed by atoms with E-state index in [-0.39, 0.29) is 11.9 Å². The minimum atomic E-state index is -0.0555. The molecule has 2 aromatic rings. The summed E-state index contributed by atoms with van der Waals surface area (Å²) in [6, 6.07) is 18.3. The summed E-state index contributed by atoms with van der Waals surface area (Å²) in [6.45, 7) is 6.39. The predicted octanol–water partition coefficient (Wildman–Crippen LogP) is 4.91. The fourth-order valence-electron chi connectivity index (χ4n) is 2.50. The predicted molar refractivity (Wildman–Crippen MR) is 97.0 cm³/mol. The second kappa shape index (κ2) is 8.33. The number of nitrogens with one attached hydrogen (secondary N) is 1. The molecule has 2 heteroatoms. The Morgan fingerprint density at radius 1 is 1.04 bits per heavy atom. The van der Waals surface area contributed by atoms with Crippen molar-refractivity contribution in [3.63, 3.8) is 0 Å². The third-order valence-electron chi connectivity index (χ3n) is 3.73. The molecule has 2 rings (SSSR count). The van der Waals surface area contributed by atoms with Crippen molar-refractivity contribution in [1.82, 2.24) is 5.32 Å². The number of amides is 1. The Bertz CT molecular complexity index is 641. The molecule has 0 aliphatic carbocycles. The van der Waals surface area contributed by atoms with E-state index >= 15 is 0 Å². The van der Waals surface area contributed by atoms with Crippen molar-refractivity contribution in [3.05, 3.63) is 77.4 Å². The number of hydrogen-bond acceptors (Lipinski definition) is 1. The van der Waals surface area contributed by atoms with Crippen LogP contribution in [0.2, 0.25) is 0 Å². The molecule has 1 N–H and O–H groups in total. The van der Waals surface area contributed by atoms with Crippen LogP contribution >= 0.6 is 0 Å². The first-order valence-electron chi connectivity index (χ1n) is 8.15. The van der Waals surface area contributed by atoms with Gasteiger partial charge in [0.25, 0.3) is 0 Å². The van der Waals surface area contributed by atoms with Gasteiger partial charge in [0.05, 0.1) is 6.04 Å². The number of carbonyl (C=O) groups excluding carboxylic acids is 1. The molecule has 2 nitrogen and oxygen atoms in total. The molecule has 0 spiro atoms. The van der Waals surface area contributed by atoms with Gasteiger partial charge < -0.3 is 5.32 Å². The highest BCUT2D eigenvalue weighted by molar-refractivity contribution is 5.92. The van der Waals surface area contributed by atoms with Gasteiger partial charge in [0, 0.05) is 6.08 Å². The smallest absolute Gasteiger partial charge is 0.244 e. The lowest BCUT2D eigenvalue weighted by Crippen LogP contribution is -2.27. The topological polar surface area (TPSA) is 29.1 Å². The summed E-state index contributed by atoms with van der Waals surface area (Å²) in [5, 5.41) is 3.12. The Morgan fingerprint density at radius 3 is 2.30 bits per heavy atom. The molecular formula is C21H25NO. The summed E-state index contributed by atoms with van der Waals surface area (Å²) in [6.07, 6.45) is 4.39. The zero-order chi connectivity index (χ0) is 16.7. The van der Waals surface area contributed by atoms with Gasteiger partial charge in [-0.05, 0) is 36.5 Å². The van der Waals surface area contributed by atoms with E-state index in [1.165, 1.54) is 5.56 Å². The molecule has 0 fully saturated rings. The quantitative estimate of drug-likeness (QED) is 0.755. The lowest BCUT2D eigenvalue weighted by atomic mass is 9.97. The van der Waals surface area contributed by atoms with Gasteiger partial charge in [0.1, 0.15) is 0 Å². The first-order chi connectivity index (χ1) is 11.0. The maximum atomic E-state index is 12.3. The van der Waals surface area contributed by atoms with Crippen LogP contribution in [0.5, 0.6) is 0 Å². The van der Waals surface area contributed by atoms with E-state index in [1.54, 1.807) is 6.08 Å². The highest BCUT2D eigenvalue weighted by atomic mass is 16.1. The number of benzene rings is 2. The van der Waals surface area contributed by atoms with Crippen LogP contribution in [0.15, 0.2) is 60.7 Å². The molecule has 0 aromatic heterocycles. The molecule has 1 unspecified atom stereocenters. The number of hydrogen-bond donors (Lipinski definition) is 1. The molecule has 0 aliphatic heterocycles. The lowest BCUT2D eigenvalue weighted by molar-refractivity contribution is -0.117. The van der Waals surface area contributed by atoms with Crippen LogP contribution in [0.25, 0.3) is 6.08 Å². The largest absolute Gasteiger partial charge is 0.346 e. The van der Waals surface area contributed by atoms with E-state index in [1.807, 2.05) is 48.5 Å². The maximum absolute atomic E-state index is 12.3. The summed E-state index contributed by atoms with van der Waals surface area (Å²) in [7, 11) is 0. The fraction of sp³-hybridized carbons (Fsp3) is 0.286. The van der Waals surface area contributed by atoms with Crippen molar-refractivity contribution < 1.29 is 4.79 Å². The third-order valence-corrected chi connectivity index (χ3v) is 3.73. The Labute approximate surface area is 139 Å². The van der Waals surface area contributed by atoms with E-state index in [2.05, 4.69) is 38.2 Å². The molecule has 0 bridgehead atoms. The van der Waals surface area contributed by atoms with E-state index < -0.39 is 0 Å². The van der Waals surface area contributed by atoms with Crippen LogP contribution in [0.1, 0.15) is 43.0 Å². The van der Waals surface area contributed by atoms with Crippen molar-refractivity contribution in [1.29, 1.82) is 0 Å². The van der Waals surface area contributed by atoms with Crippen LogP contribution < -0.4 is 5.32 Å². The summed E-state index contributed by atoms with van der Waals surface area (Å²) < 4.78 is 0. The molecule has 23 heavy (non-hydrogen) atoms. The van der Waals surface area contributed by atoms with Gasteiger partial charge in [0.15, 0.2) is 0 Å². The Hall–Kier alpha value is -2.35. The first-order valence-corrected chi connectivity index (χ1v) is 8.15. The van der Waals surface area contributed by atoms with Crippen LogP contribution in [0, 0.1) is 12.8 Å². The van der Waals surface area contributed by atoms with Gasteiger partial charge in [-0.2, -0.15) is 0 Å². The van der Waals surface area contributed by atoms with Crippen LogP contribution in [0.3, 0.4) is 0 Å². The maximum Gasteiger partial charge on any atom is 0.244 e. The normalized spacial score (nSPS) is 12.5. The molecule has 0 saturated carbocycles. The summed E-state index contributed by atoms with van der Waals surface area (Å²) in [4.78, 5) is 12.3. The zero-order valence-corrected chi connectivity index (χ0v) is 14.1. The average molecular weight is 307 g/mol. The fourth-order valence-corrected chi connectivity index (χ4v) is 2.50. The standard InChI is InChI=1S/C21H25NO/c1-16(2)15-20(19-7-5-4-6-8-19)22-21(23)14-13-18-11-9-17(3)10-12-18/h4-14,16,20H,15H2,1-3H3,(H,22,23)/b14-13+. The third kappa shape index (κ3) is 5.74. The van der Waals surface area contributed by atoms with Crippen molar-refractivity contribution in [2.45, 2.75) is 33.2 Å². The molecule has 0 radical (unpaired) electrons. The second-order valence-electron chi connectivity index (χ2n) is 6.35. The SMILES string of the molecule is Cc1ccc(/C=C/C(=O)NC(CC(C)C)c2ccccc2)cc1. The van der Waals surface area contributed by atoms with Gasteiger partial charge in [-0.1, -0.05) is 74.0 Å². The van der Waals surface area contributed by atoms with Gasteiger partial charge in [0.2, 0.25) is 5.91 Å². The monoisotopic (exact) mass is 307 g/mol. The number of aryl methyl sites for hydroxylation is 1. The zero-order valence-electron chi connectivity index (χ0n) is 14.1. The average Bonchev–Trinajstić information content (AvgIpc) is 2.54. The van der Waals surface area contributed by atoms with Crippen molar-refractivity contribution in [2.24, 2.45) is 5.92 Å². The molecule has 120 valence electrons. The Kier molecular flexibility index (Phi) is 6.16. The second-order valence-corrected chi connectivity index (χ2v) is 6.35. The highest BCUT2D eigenvalue weighted by Crippen LogP contribution is 2.21. The van der Waals surface area contributed by atoms with Gasteiger partial charge in [-0.3, -0.25) is 4.79 Å². The van der Waals surface area contributed by atoms with E-state index in [9.17, 15) is 4.79 Å². The molecule has 0 heterocycles. The van der Waals surface area contributed by atoms with Crippen molar-refractivity contribution in [2.75, 3.05) is 0 Å². The van der Waals surface area contributed by atoms with Gasteiger partial charge in [-0.15, -0.1) is 0 Å². The van der Waals surface area contributed by atoms with E-state index in [0.29, 0.717) is 5.92 Å². The van der Waals surface area contributed by atoms with E-state index in [0.717, 1.165) is 17.5 Å².